The average Bonchev–Trinajstić information content (AvgIpc) is 2.62. The summed E-state index contributed by atoms with van der Waals surface area (Å²) in [6, 6.07) is 0. The lowest BCUT2D eigenvalue weighted by atomic mass is 9.94. The van der Waals surface area contributed by atoms with E-state index in [0.717, 1.165) is 10.6 Å². The van der Waals surface area contributed by atoms with Crippen LogP contribution in [0.15, 0.2) is 5.51 Å². The predicted octanol–water partition coefficient (Wildman–Crippen LogP) is 1.45. The number of nitrogens with zero attached hydrogens (tertiary/aromatic N) is 1. The third kappa shape index (κ3) is 1.29. The van der Waals surface area contributed by atoms with Crippen LogP contribution in [-0.4, -0.2) is 22.8 Å². The van der Waals surface area contributed by atoms with Gasteiger partial charge < -0.3 is 9.84 Å². The van der Waals surface area contributed by atoms with Gasteiger partial charge in [-0.3, -0.25) is 0 Å². The number of rotatable bonds is 1. The first-order chi connectivity index (χ1) is 6.14. The van der Waals surface area contributed by atoms with E-state index in [1.54, 1.807) is 5.51 Å². The highest BCUT2D eigenvalue weighted by Gasteiger charge is 2.43. The largest absolute Gasteiger partial charge is 0.381 e. The Hall–Kier alpha value is -0.450. The third-order valence-electron chi connectivity index (χ3n) is 2.66. The molecule has 1 N–H and O–H groups in total. The second kappa shape index (κ2) is 3.04. The molecule has 0 saturated carbocycles. The Balaban J connectivity index is 2.39. The maximum Gasteiger partial charge on any atom is 0.128 e. The van der Waals surface area contributed by atoms with Crippen LogP contribution in [-0.2, 0) is 10.3 Å². The van der Waals surface area contributed by atoms with Gasteiger partial charge in [-0.1, -0.05) is 0 Å². The third-order valence-corrected chi connectivity index (χ3v) is 3.76. The van der Waals surface area contributed by atoms with Crippen molar-refractivity contribution in [1.82, 2.24) is 4.98 Å². The summed E-state index contributed by atoms with van der Waals surface area (Å²) in [6.45, 7) is 4.47. The van der Waals surface area contributed by atoms with Gasteiger partial charge in [-0.2, -0.15) is 0 Å². The molecule has 2 atom stereocenters. The molecule has 1 fully saturated rings. The molecule has 1 aliphatic rings. The summed E-state index contributed by atoms with van der Waals surface area (Å²) in [4.78, 5) is 5.10. The summed E-state index contributed by atoms with van der Waals surface area (Å²) in [5.74, 6) is 0. The van der Waals surface area contributed by atoms with Crippen LogP contribution < -0.4 is 0 Å². The van der Waals surface area contributed by atoms with Crippen LogP contribution in [0.2, 0.25) is 0 Å². The first-order valence-corrected chi connectivity index (χ1v) is 5.27. The molecule has 3 nitrogen and oxygen atoms in total. The van der Waals surface area contributed by atoms with E-state index < -0.39 is 5.60 Å². The minimum atomic E-state index is -0.800. The molecule has 1 aromatic rings. The Kier molecular flexibility index (Phi) is 2.14. The number of aliphatic hydroxyl groups is 1. The Morgan fingerprint density at radius 2 is 2.54 bits per heavy atom. The van der Waals surface area contributed by atoms with Crippen molar-refractivity contribution in [2.45, 2.75) is 32.0 Å². The van der Waals surface area contributed by atoms with E-state index in [-0.39, 0.29) is 6.10 Å². The van der Waals surface area contributed by atoms with Gasteiger partial charge in [0, 0.05) is 6.42 Å². The van der Waals surface area contributed by atoms with Crippen molar-refractivity contribution < 1.29 is 9.84 Å². The molecule has 2 heterocycles. The molecule has 2 rings (SSSR count). The van der Waals surface area contributed by atoms with Gasteiger partial charge in [-0.15, -0.1) is 11.3 Å². The number of ether oxygens (including phenoxy) is 1. The van der Waals surface area contributed by atoms with E-state index in [2.05, 4.69) is 4.98 Å². The fourth-order valence-electron chi connectivity index (χ4n) is 1.75. The molecule has 0 bridgehead atoms. The number of aryl methyl sites for hydroxylation is 1. The van der Waals surface area contributed by atoms with E-state index in [9.17, 15) is 5.11 Å². The zero-order valence-electron chi connectivity index (χ0n) is 7.78. The Bertz CT molecular complexity index is 312. The zero-order chi connectivity index (χ0) is 9.47. The lowest BCUT2D eigenvalue weighted by molar-refractivity contribution is -0.0296. The Morgan fingerprint density at radius 3 is 3.00 bits per heavy atom. The minimum Gasteiger partial charge on any atom is -0.381 e. The highest BCUT2D eigenvalue weighted by atomic mass is 32.1. The van der Waals surface area contributed by atoms with E-state index in [0.29, 0.717) is 13.0 Å². The van der Waals surface area contributed by atoms with E-state index >= 15 is 0 Å². The molecule has 72 valence electrons. The van der Waals surface area contributed by atoms with E-state index in [4.69, 9.17) is 4.74 Å². The van der Waals surface area contributed by atoms with Crippen molar-refractivity contribution in [2.24, 2.45) is 0 Å². The molecule has 1 aromatic heterocycles. The van der Waals surface area contributed by atoms with Gasteiger partial charge in [0.2, 0.25) is 0 Å². The molecule has 0 amide bonds. The number of hydrogen-bond donors (Lipinski definition) is 1. The van der Waals surface area contributed by atoms with Gasteiger partial charge in [-0.25, -0.2) is 4.98 Å². The van der Waals surface area contributed by atoms with E-state index in [1.165, 1.54) is 11.3 Å². The van der Waals surface area contributed by atoms with Crippen LogP contribution in [0, 0.1) is 6.92 Å². The molecule has 0 aliphatic carbocycles. The number of thiazole rings is 1. The molecule has 1 aliphatic heterocycles. The highest BCUT2D eigenvalue weighted by Crippen LogP contribution is 2.39. The molecule has 1 saturated heterocycles. The second-order valence-corrected chi connectivity index (χ2v) is 4.31. The fraction of sp³-hybridized carbons (Fsp3) is 0.667. The molecule has 0 radical (unpaired) electrons. The van der Waals surface area contributed by atoms with Gasteiger partial charge in [0.15, 0.2) is 0 Å². The average molecular weight is 199 g/mol. The molecule has 0 spiro atoms. The summed E-state index contributed by atoms with van der Waals surface area (Å²) in [5, 5.41) is 10.3. The van der Waals surface area contributed by atoms with Crippen molar-refractivity contribution in [3.8, 4) is 0 Å². The minimum absolute atomic E-state index is 0.119. The van der Waals surface area contributed by atoms with Crippen LogP contribution >= 0.6 is 11.3 Å². The van der Waals surface area contributed by atoms with Crippen LogP contribution in [0.3, 0.4) is 0 Å². The maximum atomic E-state index is 10.3. The lowest BCUT2D eigenvalue weighted by Crippen LogP contribution is -2.32. The standard InChI is InChI=1S/C9H13NO2S/c1-6-8(13-5-10-6)9(11)3-4-12-7(9)2/h5,7,11H,3-4H2,1-2H3. The Morgan fingerprint density at radius 1 is 1.77 bits per heavy atom. The van der Waals surface area contributed by atoms with Crippen LogP contribution in [0.5, 0.6) is 0 Å². The summed E-state index contributed by atoms with van der Waals surface area (Å²) >= 11 is 1.51. The van der Waals surface area contributed by atoms with Gasteiger partial charge in [-0.05, 0) is 13.8 Å². The van der Waals surface area contributed by atoms with Crippen LogP contribution in [0.25, 0.3) is 0 Å². The van der Waals surface area contributed by atoms with Gasteiger partial charge >= 0.3 is 0 Å². The summed E-state index contributed by atoms with van der Waals surface area (Å²) in [6.07, 6.45) is 0.559. The lowest BCUT2D eigenvalue weighted by Gasteiger charge is -2.24. The molecular weight excluding hydrogens is 186 g/mol. The van der Waals surface area contributed by atoms with Crippen molar-refractivity contribution in [1.29, 1.82) is 0 Å². The SMILES string of the molecule is Cc1ncsc1C1(O)CCOC1C. The van der Waals surface area contributed by atoms with Crippen molar-refractivity contribution in [3.63, 3.8) is 0 Å². The maximum absolute atomic E-state index is 10.3. The predicted molar refractivity (Wildman–Crippen MR) is 50.8 cm³/mol. The first kappa shape index (κ1) is 9.12. The van der Waals surface area contributed by atoms with Crippen LogP contribution in [0.1, 0.15) is 23.9 Å². The molecule has 4 heteroatoms. The number of hydrogen-bond acceptors (Lipinski definition) is 4. The molecule has 13 heavy (non-hydrogen) atoms. The summed E-state index contributed by atoms with van der Waals surface area (Å²) < 4.78 is 5.38. The monoisotopic (exact) mass is 199 g/mol. The van der Waals surface area contributed by atoms with Gasteiger partial charge in [0.25, 0.3) is 0 Å². The molecule has 0 aromatic carbocycles. The van der Waals surface area contributed by atoms with E-state index in [1.807, 2.05) is 13.8 Å². The molecule has 2 unspecified atom stereocenters. The van der Waals surface area contributed by atoms with Crippen molar-refractivity contribution in [3.05, 3.63) is 16.1 Å². The van der Waals surface area contributed by atoms with Crippen molar-refractivity contribution >= 4 is 11.3 Å². The number of aromatic nitrogens is 1. The zero-order valence-corrected chi connectivity index (χ0v) is 8.60. The normalized spacial score (nSPS) is 33.9. The molecular formula is C9H13NO2S. The quantitative estimate of drug-likeness (QED) is 0.744. The fourth-order valence-corrected chi connectivity index (χ4v) is 2.76. The summed E-state index contributed by atoms with van der Waals surface area (Å²) in [7, 11) is 0. The van der Waals surface area contributed by atoms with Gasteiger partial charge in [0.05, 0.1) is 28.8 Å². The Labute approximate surface area is 81.4 Å². The first-order valence-electron chi connectivity index (χ1n) is 4.39. The highest BCUT2D eigenvalue weighted by molar-refractivity contribution is 7.09. The van der Waals surface area contributed by atoms with Crippen LogP contribution in [0.4, 0.5) is 0 Å². The summed E-state index contributed by atoms with van der Waals surface area (Å²) in [5.41, 5.74) is 1.89. The second-order valence-electron chi connectivity index (χ2n) is 3.45. The van der Waals surface area contributed by atoms with Gasteiger partial charge in [0.1, 0.15) is 5.60 Å². The topological polar surface area (TPSA) is 42.4 Å². The van der Waals surface area contributed by atoms with Crippen molar-refractivity contribution in [2.75, 3.05) is 6.61 Å². The smallest absolute Gasteiger partial charge is 0.128 e.